The van der Waals surface area contributed by atoms with Crippen molar-refractivity contribution in [2.75, 3.05) is 0 Å². The fraction of sp³-hybridized carbons (Fsp3) is 0.0625. The first-order valence-electron chi connectivity index (χ1n) is 6.69. The molecule has 1 aromatic heterocycles. The number of alkyl halides is 3. The minimum atomic E-state index is -4.36. The quantitative estimate of drug-likeness (QED) is 0.655. The maximum absolute atomic E-state index is 12.6. The zero-order valence-electron chi connectivity index (χ0n) is 11.9. The summed E-state index contributed by atoms with van der Waals surface area (Å²) in [5, 5.41) is 2.44. The number of thiazole rings is 1. The van der Waals surface area contributed by atoms with E-state index in [0.29, 0.717) is 21.2 Å². The van der Waals surface area contributed by atoms with Crippen molar-refractivity contribution in [1.82, 2.24) is 4.98 Å². The van der Waals surface area contributed by atoms with Gasteiger partial charge in [-0.3, -0.25) is 0 Å². The molecule has 124 valence electrons. The summed E-state index contributed by atoms with van der Waals surface area (Å²) in [6.07, 6.45) is -4.36. The molecular weight excluding hydrogens is 359 g/mol. The van der Waals surface area contributed by atoms with Gasteiger partial charge >= 0.3 is 6.18 Å². The van der Waals surface area contributed by atoms with Crippen LogP contribution in [0.25, 0.3) is 21.8 Å². The minimum Gasteiger partial charge on any atom is -0.302 e. The van der Waals surface area contributed by atoms with Gasteiger partial charge in [0, 0.05) is 16.5 Å². The van der Waals surface area contributed by atoms with Gasteiger partial charge in [-0.2, -0.15) is 13.2 Å². The normalized spacial score (nSPS) is 13.0. The van der Waals surface area contributed by atoms with Gasteiger partial charge in [0.1, 0.15) is 5.01 Å². The Morgan fingerprint density at radius 1 is 0.958 bits per heavy atom. The largest absolute Gasteiger partial charge is 0.416 e. The van der Waals surface area contributed by atoms with Crippen LogP contribution in [-0.2, 0) is 17.3 Å². The number of nitrogens with zero attached hydrogens (tertiary/aromatic N) is 1. The molecule has 0 aliphatic rings. The molecule has 3 aromatic rings. The van der Waals surface area contributed by atoms with E-state index in [-0.39, 0.29) is 0 Å². The van der Waals surface area contributed by atoms with Crippen molar-refractivity contribution in [1.29, 1.82) is 0 Å². The lowest BCUT2D eigenvalue weighted by Crippen LogP contribution is -2.03. The van der Waals surface area contributed by atoms with E-state index in [1.807, 2.05) is 0 Å². The number of benzene rings is 2. The van der Waals surface area contributed by atoms with Gasteiger partial charge in [0.25, 0.3) is 0 Å². The van der Waals surface area contributed by atoms with E-state index >= 15 is 0 Å². The van der Waals surface area contributed by atoms with Gasteiger partial charge < -0.3 is 4.55 Å². The van der Waals surface area contributed by atoms with Gasteiger partial charge in [0.15, 0.2) is 11.1 Å². The molecular formula is C16H10F3NO2S2. The van der Waals surface area contributed by atoms with Crippen molar-refractivity contribution >= 4 is 22.4 Å². The average molecular weight is 369 g/mol. The van der Waals surface area contributed by atoms with E-state index < -0.39 is 22.8 Å². The van der Waals surface area contributed by atoms with Gasteiger partial charge in [-0.1, -0.05) is 24.3 Å². The first-order valence-corrected chi connectivity index (χ1v) is 8.68. The predicted octanol–water partition coefficient (Wildman–Crippen LogP) is 5.08. The maximum atomic E-state index is 12.6. The van der Waals surface area contributed by atoms with Crippen molar-refractivity contribution < 1.29 is 21.9 Å². The summed E-state index contributed by atoms with van der Waals surface area (Å²) in [7, 11) is 0. The summed E-state index contributed by atoms with van der Waals surface area (Å²) in [6, 6.07) is 11.3. The minimum absolute atomic E-state index is 0.290. The number of hydrogen-bond donors (Lipinski definition) is 1. The third-order valence-electron chi connectivity index (χ3n) is 3.32. The van der Waals surface area contributed by atoms with Crippen LogP contribution in [0.5, 0.6) is 0 Å². The molecule has 0 spiro atoms. The Kier molecular flexibility index (Phi) is 4.53. The second-order valence-electron chi connectivity index (χ2n) is 4.89. The Labute approximate surface area is 142 Å². The molecule has 8 heteroatoms. The van der Waals surface area contributed by atoms with E-state index in [4.69, 9.17) is 4.55 Å². The highest BCUT2D eigenvalue weighted by atomic mass is 32.2. The molecule has 3 nitrogen and oxygen atoms in total. The van der Waals surface area contributed by atoms with E-state index in [1.165, 1.54) is 35.6 Å². The zero-order chi connectivity index (χ0) is 17.3. The SMILES string of the molecule is O=S(O)c1ccc(-c2nc(-c3ccc(C(F)(F)F)cc3)cs2)cc1. The lowest BCUT2D eigenvalue weighted by Gasteiger charge is -2.06. The highest BCUT2D eigenvalue weighted by Crippen LogP contribution is 2.33. The maximum Gasteiger partial charge on any atom is 0.416 e. The molecule has 1 N–H and O–H groups in total. The second-order valence-corrected chi connectivity index (χ2v) is 6.71. The Balaban J connectivity index is 1.86. The highest BCUT2D eigenvalue weighted by molar-refractivity contribution is 7.79. The average Bonchev–Trinajstić information content (AvgIpc) is 3.04. The topological polar surface area (TPSA) is 50.2 Å². The van der Waals surface area contributed by atoms with E-state index in [2.05, 4.69) is 4.98 Å². The van der Waals surface area contributed by atoms with E-state index in [9.17, 15) is 17.4 Å². The molecule has 0 aliphatic carbocycles. The lowest BCUT2D eigenvalue weighted by atomic mass is 10.1. The lowest BCUT2D eigenvalue weighted by molar-refractivity contribution is -0.137. The molecule has 1 atom stereocenters. The van der Waals surface area contributed by atoms with E-state index in [1.54, 1.807) is 17.5 Å². The molecule has 0 amide bonds. The first-order chi connectivity index (χ1) is 11.3. The van der Waals surface area contributed by atoms with Crippen molar-refractivity contribution in [3.63, 3.8) is 0 Å². The standard InChI is InChI=1S/C16H10F3NO2S2/c17-16(18,19)12-5-1-10(2-6-12)14-9-23-15(20-14)11-3-7-13(8-4-11)24(21)22/h1-9H,(H,21,22). The number of halogens is 3. The van der Waals surface area contributed by atoms with Crippen LogP contribution in [-0.4, -0.2) is 13.7 Å². The Morgan fingerprint density at radius 2 is 1.54 bits per heavy atom. The van der Waals surface area contributed by atoms with Crippen LogP contribution < -0.4 is 0 Å². The number of hydrogen-bond acceptors (Lipinski definition) is 3. The Morgan fingerprint density at radius 3 is 2.08 bits per heavy atom. The van der Waals surface area contributed by atoms with Crippen LogP contribution in [0.1, 0.15) is 5.56 Å². The van der Waals surface area contributed by atoms with Crippen LogP contribution in [0.4, 0.5) is 13.2 Å². The highest BCUT2D eigenvalue weighted by Gasteiger charge is 2.30. The first kappa shape index (κ1) is 16.8. The summed E-state index contributed by atoms with van der Waals surface area (Å²) in [5.41, 5.74) is 1.25. The molecule has 24 heavy (non-hydrogen) atoms. The molecule has 1 heterocycles. The Bertz CT molecular complexity index is 872. The summed E-state index contributed by atoms with van der Waals surface area (Å²) >= 11 is -0.687. The fourth-order valence-electron chi connectivity index (χ4n) is 2.08. The smallest absolute Gasteiger partial charge is 0.302 e. The van der Waals surface area contributed by atoms with Crippen LogP contribution in [0.2, 0.25) is 0 Å². The van der Waals surface area contributed by atoms with Gasteiger partial charge in [-0.15, -0.1) is 11.3 Å². The van der Waals surface area contributed by atoms with Crippen LogP contribution in [0.3, 0.4) is 0 Å². The fourth-order valence-corrected chi connectivity index (χ4v) is 3.29. The molecule has 0 radical (unpaired) electrons. The second kappa shape index (κ2) is 6.46. The molecule has 0 bridgehead atoms. The van der Waals surface area contributed by atoms with Gasteiger partial charge in [0.05, 0.1) is 16.2 Å². The van der Waals surface area contributed by atoms with Crippen LogP contribution in [0.15, 0.2) is 58.8 Å². The van der Waals surface area contributed by atoms with Crippen LogP contribution >= 0.6 is 11.3 Å². The van der Waals surface area contributed by atoms with Gasteiger partial charge in [-0.05, 0) is 24.3 Å². The van der Waals surface area contributed by atoms with Gasteiger partial charge in [-0.25, -0.2) is 9.19 Å². The summed E-state index contributed by atoms with van der Waals surface area (Å²) in [4.78, 5) is 4.71. The number of rotatable bonds is 3. The van der Waals surface area contributed by atoms with Crippen molar-refractivity contribution in [3.8, 4) is 21.8 Å². The monoisotopic (exact) mass is 369 g/mol. The summed E-state index contributed by atoms with van der Waals surface area (Å²) in [6.45, 7) is 0. The molecule has 0 aliphatic heterocycles. The molecule has 1 unspecified atom stereocenters. The third-order valence-corrected chi connectivity index (χ3v) is 4.88. The summed E-state index contributed by atoms with van der Waals surface area (Å²) in [5.74, 6) is 0. The molecule has 3 rings (SSSR count). The zero-order valence-corrected chi connectivity index (χ0v) is 13.6. The molecule has 0 saturated carbocycles. The number of aromatic nitrogens is 1. The van der Waals surface area contributed by atoms with Crippen molar-refractivity contribution in [2.24, 2.45) is 0 Å². The Hall–Kier alpha value is -2.03. The molecule has 0 saturated heterocycles. The predicted molar refractivity (Wildman–Crippen MR) is 87.0 cm³/mol. The van der Waals surface area contributed by atoms with Crippen molar-refractivity contribution in [3.05, 3.63) is 59.5 Å². The molecule has 0 fully saturated rings. The van der Waals surface area contributed by atoms with E-state index in [0.717, 1.165) is 17.7 Å². The van der Waals surface area contributed by atoms with Crippen LogP contribution in [0, 0.1) is 0 Å². The van der Waals surface area contributed by atoms with Crippen molar-refractivity contribution in [2.45, 2.75) is 11.1 Å². The third kappa shape index (κ3) is 3.55. The summed E-state index contributed by atoms with van der Waals surface area (Å²) < 4.78 is 57.7. The van der Waals surface area contributed by atoms with Gasteiger partial charge in [0.2, 0.25) is 0 Å². The molecule has 2 aromatic carbocycles.